The number of guanidine groups is 1. The molecule has 2 rings (SSSR count). The van der Waals surface area contributed by atoms with Crippen molar-refractivity contribution in [2.75, 3.05) is 32.1 Å². The molecule has 172 valence electrons. The second-order valence-corrected chi connectivity index (χ2v) is 6.72. The predicted molar refractivity (Wildman–Crippen MR) is 127 cm³/mol. The highest BCUT2D eigenvalue weighted by molar-refractivity contribution is 14.0. The highest BCUT2D eigenvalue weighted by atomic mass is 127. The lowest BCUT2D eigenvalue weighted by atomic mass is 10.1. The number of hydrogen-bond acceptors (Lipinski definition) is 4. The van der Waals surface area contributed by atoms with Crippen molar-refractivity contribution in [1.82, 2.24) is 10.6 Å². The van der Waals surface area contributed by atoms with Gasteiger partial charge in [0.1, 0.15) is 11.6 Å². The number of aliphatic hydroxyl groups is 1. The molecule has 0 saturated heterocycles. The monoisotopic (exact) mass is 552 g/mol. The van der Waals surface area contributed by atoms with E-state index in [4.69, 9.17) is 0 Å². The van der Waals surface area contributed by atoms with E-state index in [2.05, 4.69) is 20.4 Å². The minimum atomic E-state index is -2.89. The second kappa shape index (κ2) is 13.3. The topological polar surface area (TPSA) is 69.1 Å². The number of benzene rings is 2. The number of halogens is 4. The number of aliphatic hydroxyl groups excluding tert-OH is 1. The minimum absolute atomic E-state index is 0. The Kier molecular flexibility index (Phi) is 11.5. The van der Waals surface area contributed by atoms with Crippen LogP contribution in [0.25, 0.3) is 0 Å². The van der Waals surface area contributed by atoms with Crippen molar-refractivity contribution >= 4 is 35.6 Å². The average molecular weight is 552 g/mol. The van der Waals surface area contributed by atoms with Crippen LogP contribution in [-0.4, -0.2) is 44.9 Å². The molecular formula is C21H28F3IN4O2. The van der Waals surface area contributed by atoms with Crippen LogP contribution < -0.4 is 20.3 Å². The Balaban J connectivity index is 0.00000480. The largest absolute Gasteiger partial charge is 0.435 e. The number of hydrogen-bond donors (Lipinski definition) is 3. The fourth-order valence-electron chi connectivity index (χ4n) is 2.71. The molecule has 0 heterocycles. The Morgan fingerprint density at radius 3 is 2.35 bits per heavy atom. The van der Waals surface area contributed by atoms with Gasteiger partial charge in [-0.25, -0.2) is 9.38 Å². The lowest BCUT2D eigenvalue weighted by Crippen LogP contribution is -2.39. The van der Waals surface area contributed by atoms with E-state index in [0.717, 1.165) is 0 Å². The van der Waals surface area contributed by atoms with E-state index in [0.29, 0.717) is 29.3 Å². The third kappa shape index (κ3) is 8.82. The summed E-state index contributed by atoms with van der Waals surface area (Å²) in [5.74, 6) is 0.169. The van der Waals surface area contributed by atoms with Crippen LogP contribution in [0.4, 0.5) is 18.9 Å². The van der Waals surface area contributed by atoms with Crippen LogP contribution in [0.2, 0.25) is 0 Å². The van der Waals surface area contributed by atoms with Gasteiger partial charge < -0.3 is 25.4 Å². The summed E-state index contributed by atoms with van der Waals surface area (Å²) in [5.41, 5.74) is 1.76. The normalized spacial score (nSPS) is 12.2. The molecule has 0 amide bonds. The van der Waals surface area contributed by atoms with Gasteiger partial charge in [-0.2, -0.15) is 8.78 Å². The van der Waals surface area contributed by atoms with Gasteiger partial charge in [0.05, 0.1) is 18.3 Å². The lowest BCUT2D eigenvalue weighted by molar-refractivity contribution is -0.0498. The van der Waals surface area contributed by atoms with Gasteiger partial charge in [-0.1, -0.05) is 18.2 Å². The molecule has 10 heteroatoms. The van der Waals surface area contributed by atoms with Gasteiger partial charge in [0.25, 0.3) is 0 Å². The summed E-state index contributed by atoms with van der Waals surface area (Å²) < 4.78 is 42.8. The van der Waals surface area contributed by atoms with Gasteiger partial charge in [-0.05, 0) is 42.3 Å². The smallest absolute Gasteiger partial charge is 0.387 e. The molecule has 0 saturated carbocycles. The first-order chi connectivity index (χ1) is 14.3. The maximum absolute atomic E-state index is 14.1. The molecule has 0 aromatic heterocycles. The number of anilines is 1. The quantitative estimate of drug-likeness (QED) is 0.250. The van der Waals surface area contributed by atoms with E-state index in [1.54, 1.807) is 25.1 Å². The number of aliphatic imine (C=N–C) groups is 1. The van der Waals surface area contributed by atoms with Gasteiger partial charge in [0.15, 0.2) is 5.96 Å². The molecule has 1 unspecified atom stereocenters. The number of alkyl halides is 2. The zero-order valence-electron chi connectivity index (χ0n) is 17.6. The van der Waals surface area contributed by atoms with Crippen molar-refractivity contribution in [3.8, 4) is 5.75 Å². The Morgan fingerprint density at radius 1 is 1.13 bits per heavy atom. The fourth-order valence-corrected chi connectivity index (χ4v) is 2.71. The zero-order valence-corrected chi connectivity index (χ0v) is 19.9. The van der Waals surface area contributed by atoms with Crippen LogP contribution >= 0.6 is 24.0 Å². The second-order valence-electron chi connectivity index (χ2n) is 6.72. The number of nitrogens with one attached hydrogen (secondary N) is 2. The Bertz CT molecular complexity index is 836. The molecule has 0 aliphatic rings. The molecule has 2 aromatic rings. The van der Waals surface area contributed by atoms with Crippen molar-refractivity contribution < 1.29 is 23.0 Å². The maximum atomic E-state index is 14.1. The van der Waals surface area contributed by atoms with Crippen molar-refractivity contribution in [3.63, 3.8) is 0 Å². The Hall–Kier alpha value is -2.21. The molecule has 6 nitrogen and oxygen atoms in total. The molecule has 1 atom stereocenters. The van der Waals surface area contributed by atoms with E-state index >= 15 is 0 Å². The standard InChI is InChI=1S/C21H27F3N4O2.HI/c1-4-25-21(26-12-14-5-10-18(28(2)3)17(22)11-14)27-13-19(29)15-6-8-16(9-7-15)30-20(23)24;/h5-11,19-20,29H,4,12-13H2,1-3H3,(H2,25,26,27);1H. The highest BCUT2D eigenvalue weighted by Crippen LogP contribution is 2.20. The molecular weight excluding hydrogens is 524 g/mol. The van der Waals surface area contributed by atoms with Crippen LogP contribution in [0.15, 0.2) is 47.5 Å². The molecule has 2 aromatic carbocycles. The fraction of sp³-hybridized carbons (Fsp3) is 0.381. The van der Waals surface area contributed by atoms with Crippen molar-refractivity contribution in [2.24, 2.45) is 4.99 Å². The molecule has 0 spiro atoms. The molecule has 3 N–H and O–H groups in total. The van der Waals surface area contributed by atoms with Crippen LogP contribution in [0.5, 0.6) is 5.75 Å². The summed E-state index contributed by atoms with van der Waals surface area (Å²) in [6.45, 7) is 0.0231. The summed E-state index contributed by atoms with van der Waals surface area (Å²) in [7, 11) is 3.54. The highest BCUT2D eigenvalue weighted by Gasteiger charge is 2.11. The Labute approximate surface area is 197 Å². The van der Waals surface area contributed by atoms with E-state index in [1.165, 1.54) is 30.3 Å². The van der Waals surface area contributed by atoms with Crippen molar-refractivity contribution in [1.29, 1.82) is 0 Å². The zero-order chi connectivity index (χ0) is 22.1. The first-order valence-corrected chi connectivity index (χ1v) is 9.51. The number of rotatable bonds is 9. The van der Waals surface area contributed by atoms with Crippen LogP contribution in [0.3, 0.4) is 0 Å². The van der Waals surface area contributed by atoms with Crippen LogP contribution in [0, 0.1) is 5.82 Å². The number of nitrogens with zero attached hydrogens (tertiary/aromatic N) is 2. The molecule has 31 heavy (non-hydrogen) atoms. The molecule has 0 fully saturated rings. The van der Waals surface area contributed by atoms with Crippen molar-refractivity contribution in [3.05, 3.63) is 59.4 Å². The van der Waals surface area contributed by atoms with E-state index in [-0.39, 0.29) is 48.6 Å². The van der Waals surface area contributed by atoms with E-state index in [9.17, 15) is 18.3 Å². The van der Waals surface area contributed by atoms with E-state index in [1.807, 2.05) is 13.0 Å². The average Bonchev–Trinajstić information content (AvgIpc) is 2.69. The van der Waals surface area contributed by atoms with Gasteiger partial charge in [0, 0.05) is 27.2 Å². The lowest BCUT2D eigenvalue weighted by Gasteiger charge is -2.16. The summed E-state index contributed by atoms with van der Waals surface area (Å²) >= 11 is 0. The summed E-state index contributed by atoms with van der Waals surface area (Å²) in [6.07, 6.45) is -0.883. The predicted octanol–water partition coefficient (Wildman–Crippen LogP) is 3.90. The third-order valence-corrected chi connectivity index (χ3v) is 4.21. The molecule has 0 bridgehead atoms. The first kappa shape index (κ1) is 26.8. The van der Waals surface area contributed by atoms with Gasteiger partial charge in [0.2, 0.25) is 0 Å². The minimum Gasteiger partial charge on any atom is -0.435 e. The van der Waals surface area contributed by atoms with Crippen LogP contribution in [-0.2, 0) is 6.54 Å². The third-order valence-electron chi connectivity index (χ3n) is 4.21. The van der Waals surface area contributed by atoms with E-state index < -0.39 is 12.7 Å². The first-order valence-electron chi connectivity index (χ1n) is 9.51. The van der Waals surface area contributed by atoms with Crippen LogP contribution in [0.1, 0.15) is 24.2 Å². The van der Waals surface area contributed by atoms with Gasteiger partial charge in [-0.15, -0.1) is 24.0 Å². The SMILES string of the molecule is CCNC(=NCc1ccc(N(C)C)c(F)c1)NCC(O)c1ccc(OC(F)F)cc1.I. The summed E-state index contributed by atoms with van der Waals surface area (Å²) in [4.78, 5) is 6.11. The maximum Gasteiger partial charge on any atom is 0.387 e. The molecule has 0 aliphatic heterocycles. The molecule has 0 radical (unpaired) electrons. The Morgan fingerprint density at radius 2 is 1.81 bits per heavy atom. The van der Waals surface area contributed by atoms with Gasteiger partial charge >= 0.3 is 6.61 Å². The van der Waals surface area contributed by atoms with Gasteiger partial charge in [-0.3, -0.25) is 0 Å². The molecule has 0 aliphatic carbocycles. The summed E-state index contributed by atoms with van der Waals surface area (Å²) in [6, 6.07) is 10.7. The number of ether oxygens (including phenoxy) is 1. The van der Waals surface area contributed by atoms with Crippen molar-refractivity contribution in [2.45, 2.75) is 26.2 Å². The summed E-state index contributed by atoms with van der Waals surface area (Å²) in [5, 5.41) is 16.4.